The van der Waals surface area contributed by atoms with Crippen molar-refractivity contribution < 1.29 is 17.5 Å². The van der Waals surface area contributed by atoms with Crippen LogP contribution in [0.25, 0.3) is 0 Å². The summed E-state index contributed by atoms with van der Waals surface area (Å²) < 4.78 is 32.7. The molecular formula is C28H60NO3S+. The Morgan fingerprint density at radius 2 is 0.727 bits per heavy atom. The summed E-state index contributed by atoms with van der Waals surface area (Å²) in [5.74, 6) is -0.0853. The molecule has 0 fully saturated rings. The Labute approximate surface area is 208 Å². The maximum Gasteiger partial charge on any atom is 0.264 e. The second kappa shape index (κ2) is 22.3. The van der Waals surface area contributed by atoms with Crippen molar-refractivity contribution in [1.82, 2.24) is 0 Å². The van der Waals surface area contributed by atoms with Crippen molar-refractivity contribution in [2.45, 2.75) is 149 Å². The van der Waals surface area contributed by atoms with Crippen LogP contribution in [0.2, 0.25) is 0 Å². The van der Waals surface area contributed by atoms with E-state index in [0.29, 0.717) is 6.42 Å². The molecule has 0 aliphatic heterocycles. The third kappa shape index (κ3) is 22.1. The molecule has 4 nitrogen and oxygen atoms in total. The van der Waals surface area contributed by atoms with E-state index < -0.39 is 10.1 Å². The SMILES string of the molecule is CCCCCCCC[N+](CCCCCCCC)(CCCCCCCC)CCCCS(=O)(=O)O. The molecule has 0 aliphatic carbocycles. The van der Waals surface area contributed by atoms with Crippen molar-refractivity contribution >= 4 is 10.1 Å². The normalized spacial score (nSPS) is 12.5. The number of rotatable bonds is 26. The molecule has 0 radical (unpaired) electrons. The molecule has 0 heterocycles. The molecule has 1 N–H and O–H groups in total. The zero-order valence-electron chi connectivity index (χ0n) is 22.8. The van der Waals surface area contributed by atoms with Crippen LogP contribution in [0, 0.1) is 0 Å². The molecule has 33 heavy (non-hydrogen) atoms. The molecule has 0 aromatic heterocycles. The zero-order valence-corrected chi connectivity index (χ0v) is 23.6. The number of quaternary nitrogens is 1. The lowest BCUT2D eigenvalue weighted by atomic mass is 10.1. The van der Waals surface area contributed by atoms with Crippen LogP contribution in [-0.4, -0.2) is 49.4 Å². The lowest BCUT2D eigenvalue weighted by Gasteiger charge is -2.39. The van der Waals surface area contributed by atoms with E-state index in [2.05, 4.69) is 20.8 Å². The van der Waals surface area contributed by atoms with Gasteiger partial charge in [0.1, 0.15) is 0 Å². The predicted molar refractivity (Wildman–Crippen MR) is 146 cm³/mol. The highest BCUT2D eigenvalue weighted by molar-refractivity contribution is 7.85. The predicted octanol–water partition coefficient (Wildman–Crippen LogP) is 8.55. The van der Waals surface area contributed by atoms with Gasteiger partial charge in [0.25, 0.3) is 10.1 Å². The van der Waals surface area contributed by atoms with E-state index in [1.54, 1.807) is 0 Å². The monoisotopic (exact) mass is 490 g/mol. The quantitative estimate of drug-likeness (QED) is 0.0750. The summed E-state index contributed by atoms with van der Waals surface area (Å²) in [6, 6.07) is 0. The number of hydrogen-bond donors (Lipinski definition) is 1. The molecule has 0 aromatic carbocycles. The van der Waals surface area contributed by atoms with Gasteiger partial charge in [0.15, 0.2) is 0 Å². The van der Waals surface area contributed by atoms with Crippen molar-refractivity contribution in [3.8, 4) is 0 Å². The van der Waals surface area contributed by atoms with E-state index in [9.17, 15) is 8.42 Å². The van der Waals surface area contributed by atoms with Crippen molar-refractivity contribution in [1.29, 1.82) is 0 Å². The molecular weight excluding hydrogens is 430 g/mol. The Morgan fingerprint density at radius 3 is 1.03 bits per heavy atom. The molecule has 0 rings (SSSR count). The highest BCUT2D eigenvalue weighted by Gasteiger charge is 2.26. The summed E-state index contributed by atoms with van der Waals surface area (Å²) in [6.07, 6.45) is 25.5. The topological polar surface area (TPSA) is 54.4 Å². The molecule has 0 saturated carbocycles. The minimum Gasteiger partial charge on any atom is -0.324 e. The van der Waals surface area contributed by atoms with E-state index >= 15 is 0 Å². The highest BCUT2D eigenvalue weighted by Crippen LogP contribution is 2.20. The third-order valence-corrected chi connectivity index (χ3v) is 8.05. The second-order valence-electron chi connectivity index (χ2n) is 10.5. The van der Waals surface area contributed by atoms with Gasteiger partial charge >= 0.3 is 0 Å². The second-order valence-corrected chi connectivity index (χ2v) is 12.1. The molecule has 0 amide bonds. The Bertz CT molecular complexity index is 466. The Hall–Kier alpha value is -0.130. The fourth-order valence-electron chi connectivity index (χ4n) is 5.09. The standard InChI is InChI=1S/C28H59NO3S/c1-4-7-10-13-16-19-24-29(25-20-17-14-11-8-5-2,26-21-18-15-12-9-6-3)27-22-23-28-33(30,31)32/h4-28H2,1-3H3/p+1. The first-order chi connectivity index (χ1) is 15.9. The van der Waals surface area contributed by atoms with E-state index in [-0.39, 0.29) is 5.75 Å². The van der Waals surface area contributed by atoms with Crippen molar-refractivity contribution in [3.63, 3.8) is 0 Å². The van der Waals surface area contributed by atoms with Crippen LogP contribution in [0.1, 0.15) is 149 Å². The summed E-state index contributed by atoms with van der Waals surface area (Å²) in [6.45, 7) is 11.7. The third-order valence-electron chi connectivity index (χ3n) is 7.24. The van der Waals surface area contributed by atoms with E-state index in [1.807, 2.05) is 0 Å². The van der Waals surface area contributed by atoms with Gasteiger partial charge in [-0.1, -0.05) is 97.8 Å². The van der Waals surface area contributed by atoms with Gasteiger partial charge in [-0.3, -0.25) is 4.55 Å². The average Bonchev–Trinajstić information content (AvgIpc) is 2.77. The van der Waals surface area contributed by atoms with Crippen LogP contribution < -0.4 is 0 Å². The molecule has 0 atom stereocenters. The maximum absolute atomic E-state index is 11.2. The molecule has 0 spiro atoms. The Kier molecular flexibility index (Phi) is 22.3. The lowest BCUT2D eigenvalue weighted by Crippen LogP contribution is -2.51. The minimum absolute atomic E-state index is 0.0853. The number of unbranched alkanes of at least 4 members (excludes halogenated alkanes) is 16. The van der Waals surface area contributed by atoms with E-state index in [1.165, 1.54) is 140 Å². The summed E-state index contributed by atoms with van der Waals surface area (Å²) in [5, 5.41) is 0. The van der Waals surface area contributed by atoms with Crippen molar-refractivity contribution in [2.24, 2.45) is 0 Å². The average molecular weight is 491 g/mol. The molecule has 200 valence electrons. The highest BCUT2D eigenvalue weighted by atomic mass is 32.2. The molecule has 5 heteroatoms. The van der Waals surface area contributed by atoms with Crippen LogP contribution in [-0.2, 0) is 10.1 Å². The summed E-state index contributed by atoms with van der Waals surface area (Å²) in [5.41, 5.74) is 0. The van der Waals surface area contributed by atoms with Gasteiger partial charge < -0.3 is 4.48 Å². The van der Waals surface area contributed by atoms with Gasteiger partial charge in [0, 0.05) is 0 Å². The summed E-state index contributed by atoms with van der Waals surface area (Å²) in [7, 11) is -3.84. The van der Waals surface area contributed by atoms with Gasteiger partial charge in [-0.2, -0.15) is 8.42 Å². The molecule has 0 bridgehead atoms. The smallest absolute Gasteiger partial charge is 0.264 e. The van der Waals surface area contributed by atoms with Gasteiger partial charge in [0.2, 0.25) is 0 Å². The van der Waals surface area contributed by atoms with Gasteiger partial charge in [-0.05, 0) is 51.4 Å². The Balaban J connectivity index is 4.87. The molecule has 0 unspecified atom stereocenters. The van der Waals surface area contributed by atoms with Gasteiger partial charge in [-0.25, -0.2) is 0 Å². The number of hydrogen-bond acceptors (Lipinski definition) is 2. The molecule has 0 aliphatic rings. The first-order valence-electron chi connectivity index (χ1n) is 14.7. The van der Waals surface area contributed by atoms with Crippen LogP contribution >= 0.6 is 0 Å². The van der Waals surface area contributed by atoms with Crippen LogP contribution in [0.5, 0.6) is 0 Å². The van der Waals surface area contributed by atoms with Crippen molar-refractivity contribution in [3.05, 3.63) is 0 Å². The first-order valence-corrected chi connectivity index (χ1v) is 16.3. The Morgan fingerprint density at radius 1 is 0.455 bits per heavy atom. The zero-order chi connectivity index (χ0) is 24.7. The molecule has 0 saturated heterocycles. The molecule has 0 aromatic rings. The maximum atomic E-state index is 11.2. The fraction of sp³-hybridized carbons (Fsp3) is 1.00. The first kappa shape index (κ1) is 32.9. The largest absolute Gasteiger partial charge is 0.324 e. The van der Waals surface area contributed by atoms with Gasteiger partial charge in [-0.15, -0.1) is 0 Å². The van der Waals surface area contributed by atoms with E-state index in [4.69, 9.17) is 4.55 Å². The fourth-order valence-corrected chi connectivity index (χ4v) is 5.65. The van der Waals surface area contributed by atoms with Crippen molar-refractivity contribution in [2.75, 3.05) is 31.9 Å². The summed E-state index contributed by atoms with van der Waals surface area (Å²) >= 11 is 0. The van der Waals surface area contributed by atoms with Gasteiger partial charge in [0.05, 0.1) is 31.9 Å². The lowest BCUT2D eigenvalue weighted by molar-refractivity contribution is -0.929. The van der Waals surface area contributed by atoms with Crippen LogP contribution in [0.4, 0.5) is 0 Å². The number of nitrogens with zero attached hydrogens (tertiary/aromatic N) is 1. The summed E-state index contributed by atoms with van der Waals surface area (Å²) in [4.78, 5) is 0. The van der Waals surface area contributed by atoms with E-state index in [0.717, 1.165) is 13.0 Å². The minimum atomic E-state index is -3.84. The van der Waals surface area contributed by atoms with Crippen LogP contribution in [0.3, 0.4) is 0 Å². The van der Waals surface area contributed by atoms with Crippen LogP contribution in [0.15, 0.2) is 0 Å².